The lowest BCUT2D eigenvalue weighted by Gasteiger charge is -2.28. The number of hydrogen-bond acceptors (Lipinski definition) is 3. The van der Waals surface area contributed by atoms with Crippen LogP contribution in [0.5, 0.6) is 5.75 Å². The molecule has 6 heteroatoms. The second-order valence-electron chi connectivity index (χ2n) is 4.39. The van der Waals surface area contributed by atoms with Crippen LogP contribution in [0.2, 0.25) is 0 Å². The number of para-hydroxylation sites is 1. The van der Waals surface area contributed by atoms with Crippen LogP contribution in [0.4, 0.5) is 8.78 Å². The molecule has 2 rings (SSSR count). The van der Waals surface area contributed by atoms with Gasteiger partial charge in [-0.1, -0.05) is 18.2 Å². The minimum absolute atomic E-state index is 0. The molecule has 1 fully saturated rings. The van der Waals surface area contributed by atoms with Gasteiger partial charge in [0.05, 0.1) is 0 Å². The molecule has 19 heavy (non-hydrogen) atoms. The van der Waals surface area contributed by atoms with Gasteiger partial charge in [0.15, 0.2) is 0 Å². The number of alkyl halides is 2. The van der Waals surface area contributed by atoms with E-state index < -0.39 is 6.61 Å². The molecule has 0 radical (unpaired) electrons. The normalized spacial score (nSPS) is 17.9. The Kier molecular flexibility index (Phi) is 6.48. The van der Waals surface area contributed by atoms with Crippen molar-refractivity contribution in [3.8, 4) is 5.75 Å². The van der Waals surface area contributed by atoms with E-state index in [-0.39, 0.29) is 30.1 Å². The molecule has 0 spiro atoms. The van der Waals surface area contributed by atoms with Gasteiger partial charge in [-0.05, 0) is 24.8 Å². The van der Waals surface area contributed by atoms with E-state index in [1.165, 1.54) is 6.07 Å². The van der Waals surface area contributed by atoms with Crippen LogP contribution >= 0.6 is 12.4 Å². The highest BCUT2D eigenvalue weighted by Gasteiger charge is 2.25. The maximum atomic E-state index is 12.3. The average Bonchev–Trinajstić information content (AvgIpc) is 2.39. The Morgan fingerprint density at radius 2 is 1.84 bits per heavy atom. The van der Waals surface area contributed by atoms with Crippen molar-refractivity contribution < 1.29 is 18.3 Å². The van der Waals surface area contributed by atoms with E-state index in [0.29, 0.717) is 18.8 Å². The topological polar surface area (TPSA) is 44.5 Å². The highest BCUT2D eigenvalue weighted by atomic mass is 35.5. The molecular weight excluding hydrogens is 276 g/mol. The standard InChI is InChI=1S/C13H17F2NO2.ClH/c14-13(15)18-11-4-2-1-3-10(11)12(16)9-5-7-17-8-6-9;/h1-4,9,12-13H,5-8,16H2;1H/t12-;/m0./s1. The van der Waals surface area contributed by atoms with Crippen molar-refractivity contribution in [2.75, 3.05) is 13.2 Å². The first-order chi connectivity index (χ1) is 8.68. The Bertz CT molecular complexity index is 387. The number of rotatable bonds is 4. The lowest BCUT2D eigenvalue weighted by atomic mass is 9.87. The minimum Gasteiger partial charge on any atom is -0.434 e. The summed E-state index contributed by atoms with van der Waals surface area (Å²) in [5.74, 6) is 0.424. The maximum absolute atomic E-state index is 12.3. The van der Waals surface area contributed by atoms with Crippen LogP contribution < -0.4 is 10.5 Å². The number of nitrogens with two attached hydrogens (primary N) is 1. The molecule has 1 heterocycles. The minimum atomic E-state index is -2.83. The van der Waals surface area contributed by atoms with Gasteiger partial charge in [0.25, 0.3) is 0 Å². The van der Waals surface area contributed by atoms with Gasteiger partial charge in [0.2, 0.25) is 0 Å². The quantitative estimate of drug-likeness (QED) is 0.927. The third-order valence-electron chi connectivity index (χ3n) is 3.27. The van der Waals surface area contributed by atoms with Crippen molar-refractivity contribution in [1.29, 1.82) is 0 Å². The lowest BCUT2D eigenvalue weighted by molar-refractivity contribution is -0.0509. The number of benzene rings is 1. The van der Waals surface area contributed by atoms with E-state index in [1.54, 1.807) is 18.2 Å². The average molecular weight is 294 g/mol. The van der Waals surface area contributed by atoms with Crippen LogP contribution in [0.3, 0.4) is 0 Å². The predicted molar refractivity (Wildman–Crippen MR) is 70.8 cm³/mol. The zero-order chi connectivity index (χ0) is 13.0. The van der Waals surface area contributed by atoms with Crippen LogP contribution in [0.25, 0.3) is 0 Å². The van der Waals surface area contributed by atoms with Gasteiger partial charge in [-0.15, -0.1) is 12.4 Å². The van der Waals surface area contributed by atoms with Crippen molar-refractivity contribution in [1.82, 2.24) is 0 Å². The first-order valence-corrected chi connectivity index (χ1v) is 6.05. The second-order valence-corrected chi connectivity index (χ2v) is 4.39. The highest BCUT2D eigenvalue weighted by Crippen LogP contribution is 2.33. The number of ether oxygens (including phenoxy) is 2. The Hall–Kier alpha value is -0.910. The van der Waals surface area contributed by atoms with Gasteiger partial charge in [-0.25, -0.2) is 0 Å². The Balaban J connectivity index is 0.00000180. The summed E-state index contributed by atoms with van der Waals surface area (Å²) in [4.78, 5) is 0. The number of hydrogen-bond donors (Lipinski definition) is 1. The van der Waals surface area contributed by atoms with Crippen LogP contribution in [0, 0.1) is 5.92 Å². The van der Waals surface area contributed by atoms with E-state index in [9.17, 15) is 8.78 Å². The molecule has 0 saturated carbocycles. The summed E-state index contributed by atoms with van der Waals surface area (Å²) in [5, 5.41) is 0. The van der Waals surface area contributed by atoms with Gasteiger partial charge >= 0.3 is 6.61 Å². The van der Waals surface area contributed by atoms with Gasteiger partial charge in [-0.2, -0.15) is 8.78 Å². The zero-order valence-corrected chi connectivity index (χ0v) is 11.2. The summed E-state index contributed by atoms with van der Waals surface area (Å²) in [5.41, 5.74) is 6.81. The molecule has 108 valence electrons. The van der Waals surface area contributed by atoms with Crippen molar-refractivity contribution in [2.24, 2.45) is 11.7 Å². The molecule has 1 aromatic carbocycles. The van der Waals surface area contributed by atoms with Crippen LogP contribution in [-0.4, -0.2) is 19.8 Å². The third-order valence-corrected chi connectivity index (χ3v) is 3.27. The largest absolute Gasteiger partial charge is 0.434 e. The van der Waals surface area contributed by atoms with Crippen LogP contribution in [0.1, 0.15) is 24.4 Å². The molecule has 2 N–H and O–H groups in total. The molecule has 0 unspecified atom stereocenters. The van der Waals surface area contributed by atoms with Crippen LogP contribution in [0.15, 0.2) is 24.3 Å². The maximum Gasteiger partial charge on any atom is 0.387 e. The van der Waals surface area contributed by atoms with Gasteiger partial charge in [0, 0.05) is 24.8 Å². The Labute approximate surface area is 117 Å². The molecule has 1 atom stereocenters. The molecule has 1 aliphatic heterocycles. The van der Waals surface area contributed by atoms with Gasteiger partial charge < -0.3 is 15.2 Å². The molecule has 0 aliphatic carbocycles. The third kappa shape index (κ3) is 4.30. The summed E-state index contributed by atoms with van der Waals surface area (Å²) >= 11 is 0. The summed E-state index contributed by atoms with van der Waals surface area (Å²) in [7, 11) is 0. The SMILES string of the molecule is Cl.N[C@H](c1ccccc1OC(F)F)C1CCOCC1. The fourth-order valence-electron chi connectivity index (χ4n) is 2.29. The van der Waals surface area contributed by atoms with Crippen molar-refractivity contribution >= 4 is 12.4 Å². The van der Waals surface area contributed by atoms with Gasteiger partial charge in [-0.3, -0.25) is 0 Å². The molecule has 3 nitrogen and oxygen atoms in total. The van der Waals surface area contributed by atoms with Gasteiger partial charge in [0.1, 0.15) is 5.75 Å². The van der Waals surface area contributed by atoms with E-state index in [4.69, 9.17) is 10.5 Å². The molecule has 1 aromatic rings. The molecule has 0 aromatic heterocycles. The van der Waals surface area contributed by atoms with E-state index in [2.05, 4.69) is 4.74 Å². The van der Waals surface area contributed by atoms with Crippen LogP contribution in [-0.2, 0) is 4.74 Å². The Morgan fingerprint density at radius 3 is 2.47 bits per heavy atom. The lowest BCUT2D eigenvalue weighted by Crippen LogP contribution is -2.28. The molecule has 0 bridgehead atoms. The summed E-state index contributed by atoms with van der Waals surface area (Å²) in [6.45, 7) is -1.47. The van der Waals surface area contributed by atoms with E-state index in [1.807, 2.05) is 0 Å². The molecule has 1 aliphatic rings. The monoisotopic (exact) mass is 293 g/mol. The first-order valence-electron chi connectivity index (χ1n) is 6.05. The van der Waals surface area contributed by atoms with Crippen molar-refractivity contribution in [2.45, 2.75) is 25.5 Å². The number of halogens is 3. The zero-order valence-electron chi connectivity index (χ0n) is 10.4. The fraction of sp³-hybridized carbons (Fsp3) is 0.538. The highest BCUT2D eigenvalue weighted by molar-refractivity contribution is 5.85. The molecular formula is C13H18ClF2NO2. The molecule has 1 saturated heterocycles. The summed E-state index contributed by atoms with van der Waals surface area (Å²) in [6, 6.07) is 6.44. The van der Waals surface area contributed by atoms with E-state index >= 15 is 0 Å². The predicted octanol–water partition coefficient (Wildman–Crippen LogP) is 3.14. The van der Waals surface area contributed by atoms with Crippen molar-refractivity contribution in [3.63, 3.8) is 0 Å². The van der Waals surface area contributed by atoms with Crippen molar-refractivity contribution in [3.05, 3.63) is 29.8 Å². The van der Waals surface area contributed by atoms with E-state index in [0.717, 1.165) is 12.8 Å². The summed E-state index contributed by atoms with van der Waals surface area (Å²) < 4.78 is 34.4. The smallest absolute Gasteiger partial charge is 0.387 e. The first kappa shape index (κ1) is 16.1. The fourth-order valence-corrected chi connectivity index (χ4v) is 2.29. The summed E-state index contributed by atoms with van der Waals surface area (Å²) in [6.07, 6.45) is 1.70. The second kappa shape index (κ2) is 7.62. The Morgan fingerprint density at radius 1 is 1.21 bits per heavy atom. The molecule has 0 amide bonds.